The molecule has 1 heterocycles. The highest BCUT2D eigenvalue weighted by Crippen LogP contribution is 2.20. The molecule has 0 spiro atoms. The van der Waals surface area contributed by atoms with E-state index in [0.717, 1.165) is 32.7 Å². The molecule has 108 valence electrons. The number of hydrogen-bond acceptors (Lipinski definition) is 4. The number of piperazine rings is 1. The first-order valence-electron chi connectivity index (χ1n) is 7.17. The number of ether oxygens (including phenoxy) is 1. The van der Waals surface area contributed by atoms with E-state index in [1.165, 1.54) is 5.56 Å². The van der Waals surface area contributed by atoms with Crippen LogP contribution in [-0.4, -0.2) is 49.1 Å². The second-order valence-corrected chi connectivity index (χ2v) is 5.55. The van der Waals surface area contributed by atoms with E-state index in [1.54, 1.807) is 7.11 Å². The molecular weight excluding hydrogens is 250 g/mol. The van der Waals surface area contributed by atoms with Gasteiger partial charge in [-0.25, -0.2) is 0 Å². The zero-order valence-corrected chi connectivity index (χ0v) is 12.6. The smallest absolute Gasteiger partial charge is 0.136 e. The summed E-state index contributed by atoms with van der Waals surface area (Å²) in [6.45, 7) is 9.83. The van der Waals surface area contributed by atoms with Crippen molar-refractivity contribution in [1.29, 1.82) is 5.26 Å². The molecule has 4 nitrogen and oxygen atoms in total. The zero-order chi connectivity index (χ0) is 14.5. The Bertz CT molecular complexity index is 485. The van der Waals surface area contributed by atoms with Crippen LogP contribution in [0.5, 0.6) is 5.75 Å². The third kappa shape index (κ3) is 3.50. The molecule has 0 aromatic heterocycles. The third-order valence-corrected chi connectivity index (χ3v) is 3.93. The van der Waals surface area contributed by atoms with Crippen molar-refractivity contribution in [2.75, 3.05) is 33.3 Å². The van der Waals surface area contributed by atoms with Crippen LogP contribution < -0.4 is 4.74 Å². The quantitative estimate of drug-likeness (QED) is 0.842. The molecule has 1 aliphatic rings. The number of nitrogens with zero attached hydrogens (tertiary/aromatic N) is 3. The molecule has 0 amide bonds. The predicted molar refractivity (Wildman–Crippen MR) is 79.7 cm³/mol. The van der Waals surface area contributed by atoms with Crippen LogP contribution in [-0.2, 0) is 6.54 Å². The van der Waals surface area contributed by atoms with Gasteiger partial charge >= 0.3 is 0 Å². The number of methoxy groups -OCH3 is 1. The predicted octanol–water partition coefficient (Wildman–Crippen LogP) is 2.09. The molecule has 0 saturated carbocycles. The fourth-order valence-corrected chi connectivity index (χ4v) is 2.64. The lowest BCUT2D eigenvalue weighted by atomic mass is 10.1. The summed E-state index contributed by atoms with van der Waals surface area (Å²) >= 11 is 0. The Hall–Kier alpha value is -1.57. The lowest BCUT2D eigenvalue weighted by Gasteiger charge is -2.37. The van der Waals surface area contributed by atoms with Gasteiger partial charge in [0.05, 0.1) is 12.7 Å². The first-order valence-corrected chi connectivity index (χ1v) is 7.17. The van der Waals surface area contributed by atoms with Crippen LogP contribution in [0.4, 0.5) is 0 Å². The first kappa shape index (κ1) is 14.8. The zero-order valence-electron chi connectivity index (χ0n) is 12.6. The van der Waals surface area contributed by atoms with Gasteiger partial charge in [0.25, 0.3) is 0 Å². The van der Waals surface area contributed by atoms with Gasteiger partial charge in [0.15, 0.2) is 0 Å². The molecule has 0 unspecified atom stereocenters. The second kappa shape index (κ2) is 6.74. The van der Waals surface area contributed by atoms with E-state index in [9.17, 15) is 0 Å². The summed E-state index contributed by atoms with van der Waals surface area (Å²) in [7, 11) is 1.60. The third-order valence-electron chi connectivity index (χ3n) is 3.93. The average molecular weight is 273 g/mol. The Morgan fingerprint density at radius 3 is 2.50 bits per heavy atom. The fourth-order valence-electron chi connectivity index (χ4n) is 2.64. The Morgan fingerprint density at radius 2 is 1.95 bits per heavy atom. The van der Waals surface area contributed by atoms with Gasteiger partial charge in [-0.15, -0.1) is 0 Å². The number of hydrogen-bond donors (Lipinski definition) is 0. The van der Waals surface area contributed by atoms with Gasteiger partial charge in [-0.1, -0.05) is 6.07 Å². The minimum Gasteiger partial charge on any atom is -0.495 e. The molecule has 0 bridgehead atoms. The monoisotopic (exact) mass is 273 g/mol. The van der Waals surface area contributed by atoms with Crippen LogP contribution in [0, 0.1) is 11.3 Å². The molecule has 0 N–H and O–H groups in total. The van der Waals surface area contributed by atoms with Crippen molar-refractivity contribution in [1.82, 2.24) is 9.80 Å². The van der Waals surface area contributed by atoms with E-state index in [2.05, 4.69) is 35.8 Å². The Balaban J connectivity index is 1.96. The molecular formula is C16H23N3O. The molecule has 0 aliphatic carbocycles. The van der Waals surface area contributed by atoms with Crippen molar-refractivity contribution in [2.45, 2.75) is 26.4 Å². The number of nitriles is 1. The molecule has 4 heteroatoms. The van der Waals surface area contributed by atoms with Crippen molar-refractivity contribution in [3.8, 4) is 11.8 Å². The number of benzene rings is 1. The highest BCUT2D eigenvalue weighted by atomic mass is 16.5. The number of rotatable bonds is 4. The molecule has 20 heavy (non-hydrogen) atoms. The summed E-state index contributed by atoms with van der Waals surface area (Å²) in [4.78, 5) is 4.95. The van der Waals surface area contributed by atoms with Crippen molar-refractivity contribution in [3.63, 3.8) is 0 Å². The van der Waals surface area contributed by atoms with Gasteiger partial charge in [-0.3, -0.25) is 9.80 Å². The van der Waals surface area contributed by atoms with Crippen LogP contribution in [0.3, 0.4) is 0 Å². The summed E-state index contributed by atoms with van der Waals surface area (Å²) in [5, 5.41) is 9.13. The van der Waals surface area contributed by atoms with Crippen LogP contribution in [0.1, 0.15) is 25.0 Å². The van der Waals surface area contributed by atoms with Gasteiger partial charge in [0, 0.05) is 38.8 Å². The van der Waals surface area contributed by atoms with Crippen molar-refractivity contribution < 1.29 is 4.74 Å². The van der Waals surface area contributed by atoms with Gasteiger partial charge < -0.3 is 4.74 Å². The average Bonchev–Trinajstić information content (AvgIpc) is 2.47. The van der Waals surface area contributed by atoms with Crippen LogP contribution in [0.25, 0.3) is 0 Å². The van der Waals surface area contributed by atoms with Gasteiger partial charge in [-0.05, 0) is 31.5 Å². The lowest BCUT2D eigenvalue weighted by molar-refractivity contribution is 0.104. The molecule has 1 aromatic rings. The fraction of sp³-hybridized carbons (Fsp3) is 0.562. The SMILES string of the molecule is COc1ccc(CN2CCN(C(C)C)CC2)cc1C#N. The largest absolute Gasteiger partial charge is 0.495 e. The molecule has 1 fully saturated rings. The van der Waals surface area contributed by atoms with E-state index < -0.39 is 0 Å². The van der Waals surface area contributed by atoms with Crippen molar-refractivity contribution in [2.24, 2.45) is 0 Å². The summed E-state index contributed by atoms with van der Waals surface area (Å²) < 4.78 is 5.18. The summed E-state index contributed by atoms with van der Waals surface area (Å²) in [5.74, 6) is 0.654. The van der Waals surface area contributed by atoms with E-state index in [4.69, 9.17) is 10.00 Å². The highest BCUT2D eigenvalue weighted by molar-refractivity contribution is 5.45. The van der Waals surface area contributed by atoms with Gasteiger partial charge in [0.1, 0.15) is 11.8 Å². The van der Waals surface area contributed by atoms with Gasteiger partial charge in [0.2, 0.25) is 0 Å². The molecule has 1 aromatic carbocycles. The minimum atomic E-state index is 0.616. The summed E-state index contributed by atoms with van der Waals surface area (Å²) in [5.41, 5.74) is 1.80. The van der Waals surface area contributed by atoms with Crippen molar-refractivity contribution in [3.05, 3.63) is 29.3 Å². The van der Waals surface area contributed by atoms with Crippen LogP contribution in [0.2, 0.25) is 0 Å². The Morgan fingerprint density at radius 1 is 1.25 bits per heavy atom. The van der Waals surface area contributed by atoms with Gasteiger partial charge in [-0.2, -0.15) is 5.26 Å². The molecule has 0 atom stereocenters. The molecule has 1 aliphatic heterocycles. The standard InChI is InChI=1S/C16H23N3O/c1-13(2)19-8-6-18(7-9-19)12-14-4-5-16(20-3)15(10-14)11-17/h4-5,10,13H,6-9,12H2,1-3H3. The van der Waals surface area contributed by atoms with Crippen molar-refractivity contribution >= 4 is 0 Å². The van der Waals surface area contributed by atoms with E-state index in [1.807, 2.05) is 12.1 Å². The highest BCUT2D eigenvalue weighted by Gasteiger charge is 2.18. The first-order chi connectivity index (χ1) is 9.63. The van der Waals surface area contributed by atoms with Crippen LogP contribution in [0.15, 0.2) is 18.2 Å². The van der Waals surface area contributed by atoms with Crippen LogP contribution >= 0.6 is 0 Å². The van der Waals surface area contributed by atoms with E-state index in [0.29, 0.717) is 17.4 Å². The summed E-state index contributed by atoms with van der Waals surface area (Å²) in [6.07, 6.45) is 0. The maximum Gasteiger partial charge on any atom is 0.136 e. The second-order valence-electron chi connectivity index (χ2n) is 5.55. The molecule has 1 saturated heterocycles. The van der Waals surface area contributed by atoms with E-state index in [-0.39, 0.29) is 0 Å². The topological polar surface area (TPSA) is 39.5 Å². The Kier molecular flexibility index (Phi) is 4.99. The molecule has 0 radical (unpaired) electrons. The molecule has 2 rings (SSSR count). The minimum absolute atomic E-state index is 0.616. The van der Waals surface area contributed by atoms with E-state index >= 15 is 0 Å². The normalized spacial score (nSPS) is 17.1. The lowest BCUT2D eigenvalue weighted by Crippen LogP contribution is -2.48. The summed E-state index contributed by atoms with van der Waals surface area (Å²) in [6, 6.07) is 8.70. The maximum absolute atomic E-state index is 9.13. The maximum atomic E-state index is 9.13. The Labute approximate surface area is 121 Å².